The highest BCUT2D eigenvalue weighted by Crippen LogP contribution is 2.19. The second-order valence-electron chi connectivity index (χ2n) is 5.81. The van der Waals surface area contributed by atoms with Gasteiger partial charge in [-0.3, -0.25) is 4.79 Å². The van der Waals surface area contributed by atoms with Crippen LogP contribution in [0.4, 0.5) is 0 Å². The molecule has 1 aromatic heterocycles. The molecule has 142 valence electrons. The average molecular weight is 405 g/mol. The molecule has 0 saturated carbocycles. The van der Waals surface area contributed by atoms with Crippen LogP contribution in [0.2, 0.25) is 0 Å². The minimum atomic E-state index is -3.52. The molecule has 27 heavy (non-hydrogen) atoms. The Morgan fingerprint density at radius 2 is 1.85 bits per heavy atom. The summed E-state index contributed by atoms with van der Waals surface area (Å²) < 4.78 is 32.7. The van der Waals surface area contributed by atoms with Crippen LogP contribution in [0.3, 0.4) is 0 Å². The van der Waals surface area contributed by atoms with Gasteiger partial charge >= 0.3 is 0 Å². The fourth-order valence-corrected chi connectivity index (χ4v) is 4.86. The molecule has 3 rings (SSSR count). The number of aromatic nitrogens is 1. The normalized spacial score (nSPS) is 12.6. The van der Waals surface area contributed by atoms with Crippen LogP contribution < -0.4 is 4.80 Å². The van der Waals surface area contributed by atoms with Gasteiger partial charge in [0, 0.05) is 13.7 Å². The Bertz CT molecular complexity index is 1140. The van der Waals surface area contributed by atoms with Crippen molar-refractivity contribution >= 4 is 37.3 Å². The Labute approximate surface area is 161 Å². The lowest BCUT2D eigenvalue weighted by Crippen LogP contribution is -2.20. The second-order valence-corrected chi connectivity index (χ2v) is 9.07. The number of para-hydroxylation sites is 1. The van der Waals surface area contributed by atoms with Gasteiger partial charge in [-0.05, 0) is 24.3 Å². The Morgan fingerprint density at radius 3 is 2.59 bits per heavy atom. The maximum Gasteiger partial charge on any atom is 0.280 e. The minimum Gasteiger partial charge on any atom is -0.383 e. The molecule has 2 aromatic carbocycles. The summed E-state index contributed by atoms with van der Waals surface area (Å²) in [5, 5.41) is 0. The standard InChI is InChI=1S/C19H20N2O4S2/c1-3-27(23,24)17-11-7-4-8-14(17)18(22)20-19-21(12-13-25-2)15-9-5-6-10-16(15)26-19/h4-11H,3,12-13H2,1-2H3. The fraction of sp³-hybridized carbons (Fsp3) is 0.263. The molecule has 0 fully saturated rings. The van der Waals surface area contributed by atoms with Crippen LogP contribution in [0.5, 0.6) is 0 Å². The lowest BCUT2D eigenvalue weighted by atomic mass is 10.2. The first-order valence-corrected chi connectivity index (χ1v) is 10.9. The highest BCUT2D eigenvalue weighted by Gasteiger charge is 2.20. The zero-order chi connectivity index (χ0) is 19.4. The van der Waals surface area contributed by atoms with E-state index in [2.05, 4.69) is 4.99 Å². The first-order valence-electron chi connectivity index (χ1n) is 8.46. The largest absolute Gasteiger partial charge is 0.383 e. The van der Waals surface area contributed by atoms with E-state index in [1.54, 1.807) is 26.2 Å². The molecule has 1 heterocycles. The van der Waals surface area contributed by atoms with E-state index < -0.39 is 15.7 Å². The predicted molar refractivity (Wildman–Crippen MR) is 106 cm³/mol. The van der Waals surface area contributed by atoms with Gasteiger partial charge in [-0.25, -0.2) is 8.42 Å². The van der Waals surface area contributed by atoms with Crippen LogP contribution >= 0.6 is 11.3 Å². The van der Waals surface area contributed by atoms with Crippen molar-refractivity contribution in [1.82, 2.24) is 4.57 Å². The summed E-state index contributed by atoms with van der Waals surface area (Å²) in [7, 11) is -1.91. The van der Waals surface area contributed by atoms with Crippen molar-refractivity contribution in [3.05, 3.63) is 58.9 Å². The van der Waals surface area contributed by atoms with Gasteiger partial charge in [-0.1, -0.05) is 42.5 Å². The molecule has 0 aliphatic carbocycles. The number of methoxy groups -OCH3 is 1. The monoisotopic (exact) mass is 404 g/mol. The van der Waals surface area contributed by atoms with Crippen molar-refractivity contribution in [3.63, 3.8) is 0 Å². The Balaban J connectivity index is 2.15. The molecule has 0 aliphatic rings. The third kappa shape index (κ3) is 4.02. The SMILES string of the molecule is CCS(=O)(=O)c1ccccc1C(=O)N=c1sc2ccccc2n1CCOC. The van der Waals surface area contributed by atoms with Crippen LogP contribution in [-0.4, -0.2) is 38.4 Å². The summed E-state index contributed by atoms with van der Waals surface area (Å²) in [6.45, 7) is 2.57. The number of fused-ring (bicyclic) bond motifs is 1. The number of ether oxygens (including phenoxy) is 1. The molecule has 0 unspecified atom stereocenters. The molecule has 8 heteroatoms. The third-order valence-corrected chi connectivity index (χ3v) is 6.98. The van der Waals surface area contributed by atoms with Gasteiger partial charge in [-0.2, -0.15) is 4.99 Å². The second kappa shape index (κ2) is 8.16. The van der Waals surface area contributed by atoms with Gasteiger partial charge in [0.1, 0.15) is 0 Å². The summed E-state index contributed by atoms with van der Waals surface area (Å²) in [6, 6.07) is 14.0. The van der Waals surface area contributed by atoms with Crippen LogP contribution in [-0.2, 0) is 21.1 Å². The molecular weight excluding hydrogens is 384 g/mol. The van der Waals surface area contributed by atoms with Crippen molar-refractivity contribution in [2.24, 2.45) is 4.99 Å². The van der Waals surface area contributed by atoms with Crippen LogP contribution in [0.1, 0.15) is 17.3 Å². The number of amides is 1. The first-order chi connectivity index (χ1) is 13.0. The molecule has 0 bridgehead atoms. The van der Waals surface area contributed by atoms with E-state index in [0.29, 0.717) is 18.0 Å². The molecule has 0 atom stereocenters. The fourth-order valence-electron chi connectivity index (χ4n) is 2.72. The summed E-state index contributed by atoms with van der Waals surface area (Å²) >= 11 is 1.39. The van der Waals surface area contributed by atoms with E-state index in [9.17, 15) is 13.2 Å². The molecule has 0 radical (unpaired) electrons. The smallest absolute Gasteiger partial charge is 0.280 e. The number of hydrogen-bond acceptors (Lipinski definition) is 5. The molecule has 0 spiro atoms. The highest BCUT2D eigenvalue weighted by atomic mass is 32.2. The number of thiazole rings is 1. The van der Waals surface area contributed by atoms with E-state index in [1.807, 2.05) is 28.8 Å². The molecule has 1 amide bonds. The highest BCUT2D eigenvalue weighted by molar-refractivity contribution is 7.91. The topological polar surface area (TPSA) is 77.7 Å². The lowest BCUT2D eigenvalue weighted by molar-refractivity contribution is 0.0994. The Hall–Kier alpha value is -2.29. The van der Waals surface area contributed by atoms with Gasteiger partial charge in [-0.15, -0.1) is 0 Å². The Kier molecular flexibility index (Phi) is 5.88. The third-order valence-electron chi connectivity index (χ3n) is 4.14. The van der Waals surface area contributed by atoms with Crippen molar-refractivity contribution in [2.45, 2.75) is 18.4 Å². The predicted octanol–water partition coefficient (Wildman–Crippen LogP) is 2.88. The quantitative estimate of drug-likeness (QED) is 0.633. The van der Waals surface area contributed by atoms with Crippen molar-refractivity contribution in [3.8, 4) is 0 Å². The van der Waals surface area contributed by atoms with Gasteiger partial charge < -0.3 is 9.30 Å². The summed E-state index contributed by atoms with van der Waals surface area (Å²) in [5.74, 6) is -0.644. The van der Waals surface area contributed by atoms with Crippen molar-refractivity contribution in [2.75, 3.05) is 19.5 Å². The van der Waals surface area contributed by atoms with Gasteiger partial charge in [0.15, 0.2) is 14.6 Å². The summed E-state index contributed by atoms with van der Waals surface area (Å²) in [6.07, 6.45) is 0. The van der Waals surface area contributed by atoms with E-state index >= 15 is 0 Å². The molecule has 0 aliphatic heterocycles. The number of carbonyl (C=O) groups is 1. The average Bonchev–Trinajstić information content (AvgIpc) is 3.03. The number of benzene rings is 2. The zero-order valence-corrected chi connectivity index (χ0v) is 16.7. The summed E-state index contributed by atoms with van der Waals surface area (Å²) in [5.41, 5.74) is 1.05. The van der Waals surface area contributed by atoms with Crippen LogP contribution in [0.25, 0.3) is 10.2 Å². The number of nitrogens with zero attached hydrogens (tertiary/aromatic N) is 2. The molecular formula is C19H20N2O4S2. The maximum absolute atomic E-state index is 12.8. The van der Waals surface area contributed by atoms with Crippen LogP contribution in [0.15, 0.2) is 58.4 Å². The van der Waals surface area contributed by atoms with E-state index in [4.69, 9.17) is 4.74 Å². The number of rotatable bonds is 6. The number of sulfone groups is 1. The van der Waals surface area contributed by atoms with E-state index in [0.717, 1.165) is 10.2 Å². The minimum absolute atomic E-state index is 0.0193. The Morgan fingerprint density at radius 1 is 1.15 bits per heavy atom. The lowest BCUT2D eigenvalue weighted by Gasteiger charge is -2.06. The van der Waals surface area contributed by atoms with Gasteiger partial charge in [0.25, 0.3) is 5.91 Å². The first kappa shape index (κ1) is 19.5. The van der Waals surface area contributed by atoms with E-state index in [-0.39, 0.29) is 16.2 Å². The number of carbonyl (C=O) groups excluding carboxylic acids is 1. The molecule has 3 aromatic rings. The summed E-state index contributed by atoms with van der Waals surface area (Å²) in [4.78, 5) is 17.6. The molecule has 6 nitrogen and oxygen atoms in total. The van der Waals surface area contributed by atoms with Crippen molar-refractivity contribution in [1.29, 1.82) is 0 Å². The van der Waals surface area contributed by atoms with E-state index in [1.165, 1.54) is 23.5 Å². The van der Waals surface area contributed by atoms with Crippen molar-refractivity contribution < 1.29 is 17.9 Å². The number of hydrogen-bond donors (Lipinski definition) is 0. The van der Waals surface area contributed by atoms with Gasteiger partial charge in [0.2, 0.25) is 0 Å². The molecule has 0 saturated heterocycles. The van der Waals surface area contributed by atoms with Crippen LogP contribution in [0, 0.1) is 0 Å². The van der Waals surface area contributed by atoms with Gasteiger partial charge in [0.05, 0.1) is 33.0 Å². The maximum atomic E-state index is 12.8. The zero-order valence-electron chi connectivity index (χ0n) is 15.1. The molecule has 0 N–H and O–H groups in total.